The highest BCUT2D eigenvalue weighted by atomic mass is 19.1. The van der Waals surface area contributed by atoms with Crippen LogP contribution in [-0.2, 0) is 4.74 Å². The molecule has 6 heteroatoms. The third-order valence-electron chi connectivity index (χ3n) is 3.48. The minimum atomic E-state index is -0.616. The standard InChI is InChI=1S/C14H14F2N2O2/c1-8(12-9(15)4-2-5-10(12)16)13-17-14(20-18-13)11-6-3-7-19-11/h2,4-5,8,11H,3,6-7H2,1H3/t8-,11+/m1/s1. The second-order valence-corrected chi connectivity index (χ2v) is 4.85. The summed E-state index contributed by atoms with van der Waals surface area (Å²) in [7, 11) is 0. The lowest BCUT2D eigenvalue weighted by Crippen LogP contribution is -2.05. The molecule has 1 aliphatic rings. The maximum absolute atomic E-state index is 13.7. The van der Waals surface area contributed by atoms with Gasteiger partial charge in [0.15, 0.2) is 5.82 Å². The van der Waals surface area contributed by atoms with Crippen molar-refractivity contribution in [1.82, 2.24) is 10.1 Å². The Labute approximate surface area is 114 Å². The summed E-state index contributed by atoms with van der Waals surface area (Å²) in [5, 5.41) is 3.82. The molecule has 1 saturated heterocycles. The number of rotatable bonds is 3. The van der Waals surface area contributed by atoms with Crippen LogP contribution in [0.2, 0.25) is 0 Å². The third-order valence-corrected chi connectivity index (χ3v) is 3.48. The van der Waals surface area contributed by atoms with Gasteiger partial charge in [-0.1, -0.05) is 18.1 Å². The van der Waals surface area contributed by atoms with Crippen molar-refractivity contribution >= 4 is 0 Å². The van der Waals surface area contributed by atoms with E-state index >= 15 is 0 Å². The first-order chi connectivity index (χ1) is 9.66. The first kappa shape index (κ1) is 13.2. The van der Waals surface area contributed by atoms with Gasteiger partial charge < -0.3 is 9.26 Å². The topological polar surface area (TPSA) is 48.2 Å². The number of ether oxygens (including phenoxy) is 1. The largest absolute Gasteiger partial charge is 0.368 e. The summed E-state index contributed by atoms with van der Waals surface area (Å²) in [6.45, 7) is 2.31. The third kappa shape index (κ3) is 2.31. The molecule has 1 aromatic carbocycles. The number of halogens is 2. The highest BCUT2D eigenvalue weighted by Crippen LogP contribution is 2.31. The maximum atomic E-state index is 13.7. The van der Waals surface area contributed by atoms with Crippen LogP contribution in [0.4, 0.5) is 8.78 Å². The van der Waals surface area contributed by atoms with E-state index in [9.17, 15) is 8.78 Å². The summed E-state index contributed by atoms with van der Waals surface area (Å²) in [4.78, 5) is 4.21. The fraction of sp³-hybridized carbons (Fsp3) is 0.429. The number of hydrogen-bond donors (Lipinski definition) is 0. The molecular weight excluding hydrogens is 266 g/mol. The van der Waals surface area contributed by atoms with E-state index in [0.29, 0.717) is 12.5 Å². The van der Waals surface area contributed by atoms with Crippen molar-refractivity contribution in [3.63, 3.8) is 0 Å². The van der Waals surface area contributed by atoms with Gasteiger partial charge in [0.25, 0.3) is 5.89 Å². The molecule has 20 heavy (non-hydrogen) atoms. The van der Waals surface area contributed by atoms with Crippen LogP contribution in [0.3, 0.4) is 0 Å². The van der Waals surface area contributed by atoms with Crippen molar-refractivity contribution in [2.75, 3.05) is 6.61 Å². The van der Waals surface area contributed by atoms with Gasteiger partial charge in [0, 0.05) is 12.2 Å². The Morgan fingerprint density at radius 3 is 2.70 bits per heavy atom. The summed E-state index contributed by atoms with van der Waals surface area (Å²) in [6, 6.07) is 3.76. The van der Waals surface area contributed by atoms with Crippen LogP contribution in [0.15, 0.2) is 22.7 Å². The maximum Gasteiger partial charge on any atom is 0.255 e. The summed E-state index contributed by atoms with van der Waals surface area (Å²) >= 11 is 0. The molecule has 0 amide bonds. The molecule has 0 bridgehead atoms. The Hall–Kier alpha value is -1.82. The predicted molar refractivity (Wildman–Crippen MR) is 66.1 cm³/mol. The van der Waals surface area contributed by atoms with Crippen LogP contribution in [0.5, 0.6) is 0 Å². The normalized spacial score (nSPS) is 20.2. The number of benzene rings is 1. The fourth-order valence-corrected chi connectivity index (χ4v) is 2.38. The van der Waals surface area contributed by atoms with Gasteiger partial charge in [-0.3, -0.25) is 0 Å². The van der Waals surface area contributed by atoms with Crippen LogP contribution < -0.4 is 0 Å². The second-order valence-electron chi connectivity index (χ2n) is 4.85. The first-order valence-electron chi connectivity index (χ1n) is 6.56. The van der Waals surface area contributed by atoms with Crippen molar-refractivity contribution in [2.45, 2.75) is 31.8 Å². The molecule has 0 unspecified atom stereocenters. The van der Waals surface area contributed by atoms with Gasteiger partial charge in [-0.05, 0) is 25.0 Å². The highest BCUT2D eigenvalue weighted by Gasteiger charge is 2.27. The lowest BCUT2D eigenvalue weighted by atomic mass is 9.99. The van der Waals surface area contributed by atoms with E-state index in [0.717, 1.165) is 12.8 Å². The van der Waals surface area contributed by atoms with Gasteiger partial charge in [-0.15, -0.1) is 0 Å². The van der Waals surface area contributed by atoms with E-state index in [1.807, 2.05) is 0 Å². The highest BCUT2D eigenvalue weighted by molar-refractivity contribution is 5.27. The molecule has 4 nitrogen and oxygen atoms in total. The van der Waals surface area contributed by atoms with Gasteiger partial charge in [0.2, 0.25) is 0 Å². The van der Waals surface area contributed by atoms with E-state index in [-0.39, 0.29) is 17.5 Å². The smallest absolute Gasteiger partial charge is 0.255 e. The fourth-order valence-electron chi connectivity index (χ4n) is 2.38. The van der Waals surface area contributed by atoms with Crippen molar-refractivity contribution in [1.29, 1.82) is 0 Å². The minimum absolute atomic E-state index is 0.0489. The van der Waals surface area contributed by atoms with E-state index in [1.165, 1.54) is 18.2 Å². The Bertz CT molecular complexity index is 589. The molecule has 0 aliphatic carbocycles. The van der Waals surface area contributed by atoms with Crippen LogP contribution in [0.25, 0.3) is 0 Å². The monoisotopic (exact) mass is 280 g/mol. The molecule has 106 valence electrons. The Morgan fingerprint density at radius 2 is 2.05 bits per heavy atom. The number of nitrogens with zero attached hydrogens (tertiary/aromatic N) is 2. The van der Waals surface area contributed by atoms with Gasteiger partial charge in [0.05, 0.1) is 5.92 Å². The van der Waals surface area contributed by atoms with Crippen LogP contribution >= 0.6 is 0 Å². The molecule has 1 fully saturated rings. The van der Waals surface area contributed by atoms with Gasteiger partial charge in [-0.2, -0.15) is 4.98 Å². The average molecular weight is 280 g/mol. The van der Waals surface area contributed by atoms with E-state index in [1.54, 1.807) is 6.92 Å². The lowest BCUT2D eigenvalue weighted by molar-refractivity contribution is 0.0835. The number of hydrogen-bond acceptors (Lipinski definition) is 4. The average Bonchev–Trinajstić information content (AvgIpc) is 3.09. The van der Waals surface area contributed by atoms with E-state index in [4.69, 9.17) is 9.26 Å². The van der Waals surface area contributed by atoms with Crippen LogP contribution in [0.1, 0.15) is 49.1 Å². The zero-order chi connectivity index (χ0) is 14.1. The minimum Gasteiger partial charge on any atom is -0.368 e. The SMILES string of the molecule is C[C@@H](c1noc([C@@H]2CCCO2)n1)c1c(F)cccc1F. The van der Waals surface area contributed by atoms with E-state index < -0.39 is 17.6 Å². The Balaban J connectivity index is 1.89. The molecule has 1 aromatic heterocycles. The molecule has 0 saturated carbocycles. The van der Waals surface area contributed by atoms with Crippen molar-refractivity contribution in [2.24, 2.45) is 0 Å². The van der Waals surface area contributed by atoms with Gasteiger partial charge in [-0.25, -0.2) is 8.78 Å². The molecule has 2 aromatic rings. The Morgan fingerprint density at radius 1 is 1.30 bits per heavy atom. The molecule has 0 N–H and O–H groups in total. The zero-order valence-corrected chi connectivity index (χ0v) is 11.0. The molecule has 2 heterocycles. The second kappa shape index (κ2) is 5.28. The van der Waals surface area contributed by atoms with Crippen molar-refractivity contribution in [3.05, 3.63) is 47.1 Å². The summed E-state index contributed by atoms with van der Waals surface area (Å²) in [5.74, 6) is -1.20. The zero-order valence-electron chi connectivity index (χ0n) is 11.0. The molecular formula is C14H14F2N2O2. The van der Waals surface area contributed by atoms with Gasteiger partial charge >= 0.3 is 0 Å². The number of aromatic nitrogens is 2. The molecule has 1 aliphatic heterocycles. The lowest BCUT2D eigenvalue weighted by Gasteiger charge is -2.09. The Kier molecular flexibility index (Phi) is 3.48. The van der Waals surface area contributed by atoms with Crippen LogP contribution in [-0.4, -0.2) is 16.7 Å². The van der Waals surface area contributed by atoms with Crippen molar-refractivity contribution < 1.29 is 18.0 Å². The summed E-state index contributed by atoms with van der Waals surface area (Å²) in [6.07, 6.45) is 1.57. The van der Waals surface area contributed by atoms with E-state index in [2.05, 4.69) is 10.1 Å². The first-order valence-corrected chi connectivity index (χ1v) is 6.56. The van der Waals surface area contributed by atoms with Crippen LogP contribution in [0, 0.1) is 11.6 Å². The van der Waals surface area contributed by atoms with Gasteiger partial charge in [0.1, 0.15) is 17.7 Å². The van der Waals surface area contributed by atoms with Crippen molar-refractivity contribution in [3.8, 4) is 0 Å². The molecule has 3 rings (SSSR count). The predicted octanol–water partition coefficient (Wildman–Crippen LogP) is 3.35. The molecule has 0 spiro atoms. The molecule has 0 radical (unpaired) electrons. The summed E-state index contributed by atoms with van der Waals surface area (Å²) in [5.41, 5.74) is -0.0489. The molecule has 2 atom stereocenters. The quantitative estimate of drug-likeness (QED) is 0.865. The summed E-state index contributed by atoms with van der Waals surface area (Å²) < 4.78 is 38.1.